The number of amides is 1. The number of aliphatic hydroxyl groups is 1. The summed E-state index contributed by atoms with van der Waals surface area (Å²) in [6.45, 7) is 5.16. The predicted octanol–water partition coefficient (Wildman–Crippen LogP) is 0.689. The maximum Gasteiger partial charge on any atom is 0.249 e. The zero-order valence-electron chi connectivity index (χ0n) is 9.53. The van der Waals surface area contributed by atoms with Gasteiger partial charge in [-0.15, -0.1) is 0 Å². The first-order valence-electron chi connectivity index (χ1n) is 5.72. The lowest BCUT2D eigenvalue weighted by Crippen LogP contribution is -2.38. The van der Waals surface area contributed by atoms with Crippen molar-refractivity contribution in [2.75, 3.05) is 13.2 Å². The van der Waals surface area contributed by atoms with Gasteiger partial charge in [0.25, 0.3) is 0 Å². The van der Waals surface area contributed by atoms with Crippen LogP contribution in [0.15, 0.2) is 0 Å². The van der Waals surface area contributed by atoms with Gasteiger partial charge in [0.05, 0.1) is 6.10 Å². The maximum atomic E-state index is 11.6. The van der Waals surface area contributed by atoms with Crippen molar-refractivity contribution in [3.8, 4) is 0 Å². The van der Waals surface area contributed by atoms with Crippen LogP contribution in [0.2, 0.25) is 0 Å². The van der Waals surface area contributed by atoms with Crippen LogP contribution < -0.4 is 5.32 Å². The average molecular weight is 215 g/mol. The summed E-state index contributed by atoms with van der Waals surface area (Å²) >= 11 is 0. The fourth-order valence-electron chi connectivity index (χ4n) is 1.70. The van der Waals surface area contributed by atoms with Crippen molar-refractivity contribution in [1.82, 2.24) is 5.32 Å². The van der Waals surface area contributed by atoms with Crippen molar-refractivity contribution in [2.45, 2.75) is 45.3 Å². The van der Waals surface area contributed by atoms with E-state index < -0.39 is 0 Å². The van der Waals surface area contributed by atoms with E-state index in [1.165, 1.54) is 0 Å². The molecule has 15 heavy (non-hydrogen) atoms. The van der Waals surface area contributed by atoms with Crippen molar-refractivity contribution >= 4 is 5.91 Å². The molecule has 0 bridgehead atoms. The van der Waals surface area contributed by atoms with Gasteiger partial charge in [-0.3, -0.25) is 4.79 Å². The molecule has 0 spiro atoms. The average Bonchev–Trinajstić information content (AvgIpc) is 2.64. The van der Waals surface area contributed by atoms with Gasteiger partial charge in [0.2, 0.25) is 5.91 Å². The Balaban J connectivity index is 2.18. The van der Waals surface area contributed by atoms with Gasteiger partial charge >= 0.3 is 0 Å². The second-order valence-corrected chi connectivity index (χ2v) is 4.20. The van der Waals surface area contributed by atoms with E-state index in [1.54, 1.807) is 0 Å². The number of nitrogens with one attached hydrogen (secondary N) is 1. The van der Waals surface area contributed by atoms with Gasteiger partial charge < -0.3 is 15.2 Å². The summed E-state index contributed by atoms with van der Waals surface area (Å²) in [4.78, 5) is 11.6. The van der Waals surface area contributed by atoms with Crippen molar-refractivity contribution in [2.24, 2.45) is 5.92 Å². The Bertz CT molecular complexity index is 208. The van der Waals surface area contributed by atoms with E-state index in [0.29, 0.717) is 25.5 Å². The van der Waals surface area contributed by atoms with Crippen molar-refractivity contribution in [3.63, 3.8) is 0 Å². The summed E-state index contributed by atoms with van der Waals surface area (Å²) < 4.78 is 5.34. The van der Waals surface area contributed by atoms with Crippen LogP contribution in [0.3, 0.4) is 0 Å². The summed E-state index contributed by atoms with van der Waals surface area (Å²) in [6.07, 6.45) is 1.70. The van der Waals surface area contributed by atoms with E-state index >= 15 is 0 Å². The van der Waals surface area contributed by atoms with Crippen LogP contribution in [-0.2, 0) is 9.53 Å². The van der Waals surface area contributed by atoms with E-state index in [9.17, 15) is 9.90 Å². The fourth-order valence-corrected chi connectivity index (χ4v) is 1.70. The molecule has 0 saturated carbocycles. The highest BCUT2D eigenvalue weighted by Gasteiger charge is 2.30. The Morgan fingerprint density at radius 3 is 2.93 bits per heavy atom. The Morgan fingerprint density at radius 2 is 2.40 bits per heavy atom. The molecule has 1 fully saturated rings. The minimum Gasteiger partial charge on any atom is -0.393 e. The first-order valence-corrected chi connectivity index (χ1v) is 5.72. The molecule has 0 aliphatic carbocycles. The molecule has 2 N–H and O–H groups in total. The zero-order chi connectivity index (χ0) is 11.3. The predicted molar refractivity (Wildman–Crippen MR) is 57.4 cm³/mol. The SMILES string of the molecule is CCC(O)CCNC(=O)C1OCCC1C. The molecule has 0 aromatic carbocycles. The van der Waals surface area contributed by atoms with E-state index in [1.807, 2.05) is 13.8 Å². The third-order valence-electron chi connectivity index (χ3n) is 2.89. The smallest absolute Gasteiger partial charge is 0.249 e. The number of aliphatic hydroxyl groups excluding tert-OH is 1. The number of hydrogen-bond donors (Lipinski definition) is 2. The second kappa shape index (κ2) is 6.08. The summed E-state index contributed by atoms with van der Waals surface area (Å²) in [5, 5.41) is 12.1. The Kier molecular flexibility index (Phi) is 5.05. The summed E-state index contributed by atoms with van der Waals surface area (Å²) in [5.74, 6) is 0.268. The normalized spacial score (nSPS) is 27.7. The molecule has 0 radical (unpaired) electrons. The van der Waals surface area contributed by atoms with Crippen molar-refractivity contribution in [1.29, 1.82) is 0 Å². The molecule has 0 aromatic heterocycles. The van der Waals surface area contributed by atoms with Crippen LogP contribution >= 0.6 is 0 Å². The van der Waals surface area contributed by atoms with E-state index in [-0.39, 0.29) is 18.1 Å². The second-order valence-electron chi connectivity index (χ2n) is 4.20. The molecule has 1 amide bonds. The molecule has 1 heterocycles. The fraction of sp³-hybridized carbons (Fsp3) is 0.909. The molecular weight excluding hydrogens is 194 g/mol. The van der Waals surface area contributed by atoms with Crippen LogP contribution in [0, 0.1) is 5.92 Å². The lowest BCUT2D eigenvalue weighted by atomic mass is 10.0. The van der Waals surface area contributed by atoms with Crippen LogP contribution in [0.25, 0.3) is 0 Å². The van der Waals surface area contributed by atoms with Crippen LogP contribution in [0.4, 0.5) is 0 Å². The van der Waals surface area contributed by atoms with Gasteiger partial charge in [-0.05, 0) is 25.2 Å². The van der Waals surface area contributed by atoms with Gasteiger partial charge in [0.15, 0.2) is 0 Å². The Hall–Kier alpha value is -0.610. The summed E-state index contributed by atoms with van der Waals surface area (Å²) in [6, 6.07) is 0. The van der Waals surface area contributed by atoms with E-state index in [4.69, 9.17) is 4.74 Å². The highest BCUT2D eigenvalue weighted by molar-refractivity contribution is 5.81. The number of carbonyl (C=O) groups is 1. The van der Waals surface area contributed by atoms with Gasteiger partial charge in [-0.2, -0.15) is 0 Å². The molecular formula is C11H21NO3. The maximum absolute atomic E-state index is 11.6. The first kappa shape index (κ1) is 12.5. The van der Waals surface area contributed by atoms with Crippen LogP contribution in [-0.4, -0.2) is 36.4 Å². The molecule has 3 atom stereocenters. The number of carbonyl (C=O) groups excluding carboxylic acids is 1. The Morgan fingerprint density at radius 1 is 1.67 bits per heavy atom. The quantitative estimate of drug-likeness (QED) is 0.709. The number of ether oxygens (including phenoxy) is 1. The molecule has 1 rings (SSSR count). The lowest BCUT2D eigenvalue weighted by Gasteiger charge is -2.15. The van der Waals surface area contributed by atoms with Crippen LogP contribution in [0.5, 0.6) is 0 Å². The molecule has 88 valence electrons. The molecule has 3 unspecified atom stereocenters. The molecule has 1 aliphatic heterocycles. The van der Waals surface area contributed by atoms with Gasteiger partial charge in [0.1, 0.15) is 6.10 Å². The van der Waals surface area contributed by atoms with E-state index in [0.717, 1.165) is 12.8 Å². The van der Waals surface area contributed by atoms with Gasteiger partial charge in [-0.1, -0.05) is 13.8 Å². The minimum absolute atomic E-state index is 0.0386. The number of rotatable bonds is 5. The molecule has 4 heteroatoms. The highest BCUT2D eigenvalue weighted by atomic mass is 16.5. The molecule has 1 aliphatic rings. The van der Waals surface area contributed by atoms with Gasteiger partial charge in [0, 0.05) is 13.2 Å². The van der Waals surface area contributed by atoms with Crippen LogP contribution in [0.1, 0.15) is 33.1 Å². The number of hydrogen-bond acceptors (Lipinski definition) is 3. The lowest BCUT2D eigenvalue weighted by molar-refractivity contribution is -0.131. The van der Waals surface area contributed by atoms with Crippen molar-refractivity contribution in [3.05, 3.63) is 0 Å². The first-order chi connectivity index (χ1) is 7.15. The monoisotopic (exact) mass is 215 g/mol. The highest BCUT2D eigenvalue weighted by Crippen LogP contribution is 2.19. The standard InChI is InChI=1S/C11H21NO3/c1-3-9(13)4-6-12-11(14)10-8(2)5-7-15-10/h8-10,13H,3-7H2,1-2H3,(H,12,14). The zero-order valence-corrected chi connectivity index (χ0v) is 9.53. The topological polar surface area (TPSA) is 58.6 Å². The molecule has 4 nitrogen and oxygen atoms in total. The van der Waals surface area contributed by atoms with E-state index in [2.05, 4.69) is 5.32 Å². The minimum atomic E-state index is -0.313. The summed E-state index contributed by atoms with van der Waals surface area (Å²) in [7, 11) is 0. The molecule has 1 saturated heterocycles. The Labute approximate surface area is 91.0 Å². The third kappa shape index (κ3) is 3.80. The van der Waals surface area contributed by atoms with Gasteiger partial charge in [-0.25, -0.2) is 0 Å². The van der Waals surface area contributed by atoms with Crippen molar-refractivity contribution < 1.29 is 14.6 Å². The third-order valence-corrected chi connectivity index (χ3v) is 2.89. The summed E-state index contributed by atoms with van der Waals surface area (Å²) in [5.41, 5.74) is 0. The molecule has 0 aromatic rings. The largest absolute Gasteiger partial charge is 0.393 e.